The first-order chi connectivity index (χ1) is 9.96. The molecule has 1 N–H and O–H groups in total. The Bertz CT molecular complexity index is 536. The van der Waals surface area contributed by atoms with Gasteiger partial charge in [-0.1, -0.05) is 17.7 Å². The lowest BCUT2D eigenvalue weighted by Crippen LogP contribution is -2.52. The van der Waals surface area contributed by atoms with Gasteiger partial charge in [-0.2, -0.15) is 5.26 Å². The number of rotatable bonds is 2. The third kappa shape index (κ3) is 3.46. The Hall–Kier alpha value is -2.22. The number of piperidine rings is 1. The molecule has 5 nitrogen and oxygen atoms in total. The van der Waals surface area contributed by atoms with E-state index < -0.39 is 5.54 Å². The first-order valence-corrected chi connectivity index (χ1v) is 7.18. The Balaban J connectivity index is 2.03. The Labute approximate surface area is 126 Å². The number of anilines is 1. The van der Waals surface area contributed by atoms with Gasteiger partial charge >= 0.3 is 6.03 Å². The third-order valence-corrected chi connectivity index (χ3v) is 3.92. The van der Waals surface area contributed by atoms with Crippen molar-refractivity contribution in [1.29, 1.82) is 5.26 Å². The van der Waals surface area contributed by atoms with E-state index in [-0.39, 0.29) is 6.03 Å². The van der Waals surface area contributed by atoms with Crippen LogP contribution in [0.2, 0.25) is 0 Å². The fraction of sp³-hybridized carbons (Fsp3) is 0.500. The van der Waals surface area contributed by atoms with E-state index in [1.54, 1.807) is 23.9 Å². The molecule has 0 atom stereocenters. The van der Waals surface area contributed by atoms with Gasteiger partial charge in [-0.3, -0.25) is 0 Å². The molecule has 0 aliphatic carbocycles. The predicted molar refractivity (Wildman–Crippen MR) is 83.0 cm³/mol. The molecule has 1 aliphatic rings. The van der Waals surface area contributed by atoms with Crippen LogP contribution in [-0.2, 0) is 0 Å². The number of aryl methyl sites for hydroxylation is 1. The lowest BCUT2D eigenvalue weighted by molar-refractivity contribution is 0.152. The van der Waals surface area contributed by atoms with Crippen LogP contribution in [-0.4, -0.2) is 48.6 Å². The van der Waals surface area contributed by atoms with Gasteiger partial charge in [0.25, 0.3) is 0 Å². The highest BCUT2D eigenvalue weighted by molar-refractivity contribution is 5.74. The minimum Gasteiger partial charge on any atom is -0.367 e. The molecule has 1 aromatic rings. The minimum absolute atomic E-state index is 0.0110. The molecule has 1 aliphatic heterocycles. The van der Waals surface area contributed by atoms with Crippen LogP contribution in [0.3, 0.4) is 0 Å². The number of urea groups is 1. The van der Waals surface area contributed by atoms with Crippen molar-refractivity contribution in [3.63, 3.8) is 0 Å². The van der Waals surface area contributed by atoms with Crippen molar-refractivity contribution in [2.24, 2.45) is 0 Å². The van der Waals surface area contributed by atoms with Crippen LogP contribution < -0.4 is 5.32 Å². The highest BCUT2D eigenvalue weighted by Crippen LogP contribution is 2.27. The fourth-order valence-corrected chi connectivity index (χ4v) is 2.54. The Morgan fingerprint density at radius 2 is 1.86 bits per heavy atom. The van der Waals surface area contributed by atoms with E-state index >= 15 is 0 Å². The van der Waals surface area contributed by atoms with Crippen molar-refractivity contribution in [1.82, 2.24) is 9.80 Å². The molecule has 5 heteroatoms. The van der Waals surface area contributed by atoms with Gasteiger partial charge in [-0.15, -0.1) is 0 Å². The molecular formula is C16H22N4O. The minimum atomic E-state index is -0.585. The van der Waals surface area contributed by atoms with Gasteiger partial charge in [0, 0.05) is 45.7 Å². The lowest BCUT2D eigenvalue weighted by atomic mass is 9.88. The SMILES string of the molecule is Cc1ccc(NC2(C#N)CCN(C(=O)N(C)C)CC2)cc1. The number of carbonyl (C=O) groups is 1. The molecule has 2 rings (SSSR count). The first-order valence-electron chi connectivity index (χ1n) is 7.18. The molecular weight excluding hydrogens is 264 g/mol. The van der Waals surface area contributed by atoms with Crippen LogP contribution >= 0.6 is 0 Å². The van der Waals surface area contributed by atoms with Crippen molar-refractivity contribution in [3.8, 4) is 6.07 Å². The maximum absolute atomic E-state index is 11.9. The Morgan fingerprint density at radius 3 is 2.33 bits per heavy atom. The van der Waals surface area contributed by atoms with Gasteiger partial charge in [0.1, 0.15) is 5.54 Å². The maximum atomic E-state index is 11.9. The summed E-state index contributed by atoms with van der Waals surface area (Å²) in [5, 5.41) is 12.9. The zero-order chi connectivity index (χ0) is 15.5. The van der Waals surface area contributed by atoms with Gasteiger partial charge < -0.3 is 15.1 Å². The number of amides is 2. The summed E-state index contributed by atoms with van der Waals surface area (Å²) in [4.78, 5) is 15.3. The van der Waals surface area contributed by atoms with E-state index in [1.165, 1.54) is 5.56 Å². The quantitative estimate of drug-likeness (QED) is 0.908. The first kappa shape index (κ1) is 15.2. The van der Waals surface area contributed by atoms with Crippen molar-refractivity contribution in [2.75, 3.05) is 32.5 Å². The molecule has 0 aromatic heterocycles. The molecule has 1 fully saturated rings. The van der Waals surface area contributed by atoms with Gasteiger partial charge in [0.15, 0.2) is 0 Å². The topological polar surface area (TPSA) is 59.4 Å². The summed E-state index contributed by atoms with van der Waals surface area (Å²) < 4.78 is 0. The second-order valence-electron chi connectivity index (χ2n) is 5.85. The molecule has 112 valence electrons. The number of hydrogen-bond donors (Lipinski definition) is 1. The van der Waals surface area contributed by atoms with Crippen molar-refractivity contribution in [2.45, 2.75) is 25.3 Å². The van der Waals surface area contributed by atoms with Gasteiger partial charge in [-0.25, -0.2) is 4.79 Å². The summed E-state index contributed by atoms with van der Waals surface area (Å²) >= 11 is 0. The molecule has 0 radical (unpaired) electrons. The molecule has 0 saturated carbocycles. The van der Waals surface area contributed by atoms with Crippen LogP contribution in [0.4, 0.5) is 10.5 Å². The molecule has 1 saturated heterocycles. The van der Waals surface area contributed by atoms with Crippen molar-refractivity contribution >= 4 is 11.7 Å². The van der Waals surface area contributed by atoms with E-state index in [0.717, 1.165) is 5.69 Å². The van der Waals surface area contributed by atoms with Crippen LogP contribution in [0.5, 0.6) is 0 Å². The highest BCUT2D eigenvalue weighted by atomic mass is 16.2. The number of hydrogen-bond acceptors (Lipinski definition) is 3. The average Bonchev–Trinajstić information content (AvgIpc) is 2.49. The molecule has 21 heavy (non-hydrogen) atoms. The Morgan fingerprint density at radius 1 is 1.29 bits per heavy atom. The lowest BCUT2D eigenvalue weighted by Gasteiger charge is -2.39. The van der Waals surface area contributed by atoms with E-state index in [0.29, 0.717) is 25.9 Å². The number of carbonyl (C=O) groups excluding carboxylic acids is 1. The number of benzene rings is 1. The largest absolute Gasteiger partial charge is 0.367 e. The number of nitrogens with one attached hydrogen (secondary N) is 1. The van der Waals surface area contributed by atoms with Crippen LogP contribution in [0.25, 0.3) is 0 Å². The van der Waals surface area contributed by atoms with Crippen LogP contribution in [0.15, 0.2) is 24.3 Å². The van der Waals surface area contributed by atoms with Crippen LogP contribution in [0, 0.1) is 18.3 Å². The maximum Gasteiger partial charge on any atom is 0.319 e. The zero-order valence-electron chi connectivity index (χ0n) is 12.9. The standard InChI is InChI=1S/C16H22N4O/c1-13-4-6-14(7-5-13)18-16(12-17)8-10-20(11-9-16)15(21)19(2)3/h4-7,18H,8-11H2,1-3H3. The molecule has 0 bridgehead atoms. The third-order valence-electron chi connectivity index (χ3n) is 3.92. The molecule has 1 aromatic carbocycles. The normalized spacial score (nSPS) is 17.0. The number of nitrogens with zero attached hydrogens (tertiary/aromatic N) is 3. The van der Waals surface area contributed by atoms with Gasteiger partial charge in [-0.05, 0) is 19.1 Å². The monoisotopic (exact) mass is 286 g/mol. The molecule has 2 amide bonds. The summed E-state index contributed by atoms with van der Waals surface area (Å²) in [6.07, 6.45) is 1.27. The second kappa shape index (κ2) is 6.04. The van der Waals surface area contributed by atoms with E-state index in [9.17, 15) is 10.1 Å². The van der Waals surface area contributed by atoms with Crippen molar-refractivity contribution in [3.05, 3.63) is 29.8 Å². The highest BCUT2D eigenvalue weighted by Gasteiger charge is 2.36. The Kier molecular flexibility index (Phi) is 4.37. The zero-order valence-corrected chi connectivity index (χ0v) is 12.9. The van der Waals surface area contributed by atoms with E-state index in [1.807, 2.05) is 31.2 Å². The summed E-state index contributed by atoms with van der Waals surface area (Å²) in [6.45, 7) is 3.24. The number of nitriles is 1. The molecule has 1 heterocycles. The predicted octanol–water partition coefficient (Wildman–Crippen LogP) is 2.45. The van der Waals surface area contributed by atoms with E-state index in [4.69, 9.17) is 0 Å². The average molecular weight is 286 g/mol. The van der Waals surface area contributed by atoms with Gasteiger partial charge in [0.2, 0.25) is 0 Å². The summed E-state index contributed by atoms with van der Waals surface area (Å²) in [7, 11) is 3.50. The molecule has 0 unspecified atom stereocenters. The summed E-state index contributed by atoms with van der Waals surface area (Å²) in [6, 6.07) is 10.5. The van der Waals surface area contributed by atoms with E-state index in [2.05, 4.69) is 11.4 Å². The fourth-order valence-electron chi connectivity index (χ4n) is 2.54. The summed E-state index contributed by atoms with van der Waals surface area (Å²) in [5.41, 5.74) is 1.56. The smallest absolute Gasteiger partial charge is 0.319 e. The van der Waals surface area contributed by atoms with Gasteiger partial charge in [0.05, 0.1) is 6.07 Å². The second-order valence-corrected chi connectivity index (χ2v) is 5.85. The van der Waals surface area contributed by atoms with Crippen molar-refractivity contribution < 1.29 is 4.79 Å². The number of likely N-dealkylation sites (tertiary alicyclic amines) is 1. The molecule has 0 spiro atoms. The summed E-state index contributed by atoms with van der Waals surface area (Å²) in [5.74, 6) is 0. The van der Waals surface area contributed by atoms with Crippen LogP contribution in [0.1, 0.15) is 18.4 Å².